The molecule has 0 aliphatic carbocycles. The summed E-state index contributed by atoms with van der Waals surface area (Å²) in [7, 11) is 0. The van der Waals surface area contributed by atoms with Crippen LogP contribution in [0, 0.1) is 20.8 Å². The van der Waals surface area contributed by atoms with Crippen molar-refractivity contribution in [3.8, 4) is 11.1 Å². The molecule has 20 heavy (non-hydrogen) atoms. The number of hydrogen-bond donors (Lipinski definition) is 1. The highest BCUT2D eigenvalue weighted by Crippen LogP contribution is 2.29. The molecule has 0 saturated carbocycles. The lowest BCUT2D eigenvalue weighted by Crippen LogP contribution is -2.29. The second kappa shape index (κ2) is 5.41. The lowest BCUT2D eigenvalue weighted by molar-refractivity contribution is 0.342. The van der Waals surface area contributed by atoms with Gasteiger partial charge in [-0.1, -0.05) is 18.2 Å². The van der Waals surface area contributed by atoms with Crippen LogP contribution >= 0.6 is 0 Å². The van der Waals surface area contributed by atoms with Crippen molar-refractivity contribution in [2.75, 3.05) is 13.1 Å². The van der Waals surface area contributed by atoms with Gasteiger partial charge >= 0.3 is 0 Å². The predicted octanol–water partition coefficient (Wildman–Crippen LogP) is 3.40. The monoisotopic (exact) mass is 269 g/mol. The zero-order valence-electron chi connectivity index (χ0n) is 12.6. The van der Waals surface area contributed by atoms with Gasteiger partial charge in [-0.3, -0.25) is 4.68 Å². The van der Waals surface area contributed by atoms with Crippen molar-refractivity contribution < 1.29 is 0 Å². The second-order valence-electron chi connectivity index (χ2n) is 5.84. The van der Waals surface area contributed by atoms with Crippen molar-refractivity contribution in [3.05, 3.63) is 41.2 Å². The van der Waals surface area contributed by atoms with Crippen molar-refractivity contribution in [2.24, 2.45) is 0 Å². The van der Waals surface area contributed by atoms with Crippen LogP contribution in [-0.4, -0.2) is 22.9 Å². The summed E-state index contributed by atoms with van der Waals surface area (Å²) in [5, 5.41) is 8.18. The lowest BCUT2D eigenvalue weighted by Gasteiger charge is -2.22. The van der Waals surface area contributed by atoms with Crippen molar-refractivity contribution in [1.29, 1.82) is 0 Å². The molecule has 0 spiro atoms. The van der Waals surface area contributed by atoms with E-state index in [1.165, 1.54) is 35.1 Å². The van der Waals surface area contributed by atoms with Gasteiger partial charge in [-0.25, -0.2) is 0 Å². The molecular formula is C17H23N3. The zero-order valence-corrected chi connectivity index (χ0v) is 12.6. The summed E-state index contributed by atoms with van der Waals surface area (Å²) in [4.78, 5) is 0. The lowest BCUT2D eigenvalue weighted by atomic mass is 9.98. The summed E-state index contributed by atoms with van der Waals surface area (Å²) in [6.45, 7) is 8.69. The van der Waals surface area contributed by atoms with Gasteiger partial charge in [0.1, 0.15) is 0 Å². The first-order valence-electron chi connectivity index (χ1n) is 7.50. The Hall–Kier alpha value is -1.61. The molecule has 3 rings (SSSR count). The van der Waals surface area contributed by atoms with Gasteiger partial charge in [-0.05, 0) is 63.4 Å². The van der Waals surface area contributed by atoms with E-state index in [4.69, 9.17) is 5.10 Å². The Balaban J connectivity index is 1.98. The van der Waals surface area contributed by atoms with Crippen LogP contribution in [0.2, 0.25) is 0 Å². The fourth-order valence-electron chi connectivity index (χ4n) is 3.05. The maximum atomic E-state index is 4.77. The smallest absolute Gasteiger partial charge is 0.0672 e. The van der Waals surface area contributed by atoms with Crippen LogP contribution in [0.3, 0.4) is 0 Å². The average molecular weight is 269 g/mol. The minimum absolute atomic E-state index is 0.550. The third-order valence-corrected chi connectivity index (χ3v) is 4.49. The highest BCUT2D eigenvalue weighted by molar-refractivity contribution is 5.69. The van der Waals surface area contributed by atoms with Gasteiger partial charge in [0.2, 0.25) is 0 Å². The molecule has 1 aromatic carbocycles. The zero-order chi connectivity index (χ0) is 14.1. The van der Waals surface area contributed by atoms with Crippen LogP contribution in [0.15, 0.2) is 24.4 Å². The minimum Gasteiger partial charge on any atom is -0.317 e. The normalized spacial score (nSPS) is 16.6. The molecule has 1 saturated heterocycles. The van der Waals surface area contributed by atoms with E-state index in [0.717, 1.165) is 18.8 Å². The molecular weight excluding hydrogens is 246 g/mol. The number of piperidine rings is 1. The minimum atomic E-state index is 0.550. The Bertz CT molecular complexity index is 607. The van der Waals surface area contributed by atoms with E-state index >= 15 is 0 Å². The SMILES string of the molecule is Cc1cccc(-c2cn(C3CCNCC3)nc2C)c1C. The molecule has 1 aliphatic rings. The number of rotatable bonds is 2. The van der Waals surface area contributed by atoms with Gasteiger partial charge in [0.25, 0.3) is 0 Å². The molecule has 0 unspecified atom stereocenters. The van der Waals surface area contributed by atoms with E-state index in [1.54, 1.807) is 0 Å². The molecule has 0 atom stereocenters. The largest absolute Gasteiger partial charge is 0.317 e. The number of nitrogens with zero attached hydrogens (tertiary/aromatic N) is 2. The molecule has 1 fully saturated rings. The third-order valence-electron chi connectivity index (χ3n) is 4.49. The Morgan fingerprint density at radius 3 is 2.60 bits per heavy atom. The van der Waals surface area contributed by atoms with Crippen LogP contribution in [-0.2, 0) is 0 Å². The van der Waals surface area contributed by atoms with Gasteiger partial charge in [-0.2, -0.15) is 5.10 Å². The van der Waals surface area contributed by atoms with Crippen molar-refractivity contribution in [2.45, 2.75) is 39.7 Å². The Morgan fingerprint density at radius 1 is 1.10 bits per heavy atom. The van der Waals surface area contributed by atoms with E-state index in [9.17, 15) is 0 Å². The summed E-state index contributed by atoms with van der Waals surface area (Å²) >= 11 is 0. The summed E-state index contributed by atoms with van der Waals surface area (Å²) in [5.74, 6) is 0. The third kappa shape index (κ3) is 2.38. The first-order chi connectivity index (χ1) is 9.66. The number of benzene rings is 1. The molecule has 1 N–H and O–H groups in total. The molecule has 0 radical (unpaired) electrons. The Labute approximate surface area is 121 Å². The average Bonchev–Trinajstić information content (AvgIpc) is 2.85. The van der Waals surface area contributed by atoms with Crippen molar-refractivity contribution in [1.82, 2.24) is 15.1 Å². The molecule has 1 aliphatic heterocycles. The molecule has 1 aromatic heterocycles. The number of aryl methyl sites for hydroxylation is 2. The van der Waals surface area contributed by atoms with E-state index in [2.05, 4.69) is 55.2 Å². The van der Waals surface area contributed by atoms with Gasteiger partial charge in [0.15, 0.2) is 0 Å². The van der Waals surface area contributed by atoms with E-state index < -0.39 is 0 Å². The fraction of sp³-hybridized carbons (Fsp3) is 0.471. The van der Waals surface area contributed by atoms with Crippen LogP contribution in [0.4, 0.5) is 0 Å². The molecule has 0 bridgehead atoms. The second-order valence-corrected chi connectivity index (χ2v) is 5.84. The van der Waals surface area contributed by atoms with Crippen molar-refractivity contribution >= 4 is 0 Å². The predicted molar refractivity (Wildman–Crippen MR) is 83.0 cm³/mol. The summed E-state index contributed by atoms with van der Waals surface area (Å²) in [6, 6.07) is 7.07. The van der Waals surface area contributed by atoms with E-state index in [-0.39, 0.29) is 0 Å². The Kier molecular flexibility index (Phi) is 3.62. The van der Waals surface area contributed by atoms with Gasteiger partial charge < -0.3 is 5.32 Å². The number of aromatic nitrogens is 2. The number of hydrogen-bond acceptors (Lipinski definition) is 2. The first-order valence-corrected chi connectivity index (χ1v) is 7.50. The molecule has 3 heteroatoms. The fourth-order valence-corrected chi connectivity index (χ4v) is 3.05. The van der Waals surface area contributed by atoms with Crippen LogP contribution in [0.25, 0.3) is 11.1 Å². The molecule has 2 aromatic rings. The number of nitrogens with one attached hydrogen (secondary N) is 1. The van der Waals surface area contributed by atoms with Crippen molar-refractivity contribution in [3.63, 3.8) is 0 Å². The topological polar surface area (TPSA) is 29.9 Å². The van der Waals surface area contributed by atoms with E-state index in [0.29, 0.717) is 6.04 Å². The summed E-state index contributed by atoms with van der Waals surface area (Å²) < 4.78 is 2.19. The molecule has 0 amide bonds. The quantitative estimate of drug-likeness (QED) is 0.905. The van der Waals surface area contributed by atoms with Crippen LogP contribution in [0.5, 0.6) is 0 Å². The Morgan fingerprint density at radius 2 is 1.85 bits per heavy atom. The highest BCUT2D eigenvalue weighted by atomic mass is 15.3. The van der Waals surface area contributed by atoms with Gasteiger partial charge in [0.05, 0.1) is 11.7 Å². The highest BCUT2D eigenvalue weighted by Gasteiger charge is 2.18. The van der Waals surface area contributed by atoms with E-state index in [1.807, 2.05) is 0 Å². The molecule has 106 valence electrons. The summed E-state index contributed by atoms with van der Waals surface area (Å²) in [5.41, 5.74) is 6.45. The van der Waals surface area contributed by atoms with Crippen LogP contribution in [0.1, 0.15) is 35.7 Å². The maximum Gasteiger partial charge on any atom is 0.0672 e. The first kappa shape index (κ1) is 13.4. The molecule has 2 heterocycles. The molecule has 3 nitrogen and oxygen atoms in total. The maximum absolute atomic E-state index is 4.77. The van der Waals surface area contributed by atoms with Gasteiger partial charge in [-0.15, -0.1) is 0 Å². The standard InChI is InChI=1S/C17H23N3/c1-12-5-4-6-16(13(12)2)17-11-20(19-14(17)3)15-7-9-18-10-8-15/h4-6,11,15,18H,7-10H2,1-3H3. The van der Waals surface area contributed by atoms with Gasteiger partial charge in [0, 0.05) is 11.8 Å². The summed E-state index contributed by atoms with van der Waals surface area (Å²) in [6.07, 6.45) is 4.59. The van der Waals surface area contributed by atoms with Crippen LogP contribution < -0.4 is 5.32 Å².